The Hall–Kier alpha value is -1.75. The second-order valence-corrected chi connectivity index (χ2v) is 5.82. The second kappa shape index (κ2) is 6.80. The Morgan fingerprint density at radius 1 is 1.38 bits per heavy atom. The lowest BCUT2D eigenvalue weighted by molar-refractivity contribution is -0.140. The number of ether oxygens (including phenoxy) is 1. The number of phenols is 2. The second-order valence-electron chi connectivity index (χ2n) is 5.82. The summed E-state index contributed by atoms with van der Waals surface area (Å²) in [5.41, 5.74) is 0.840. The molecule has 0 aliphatic carbocycles. The van der Waals surface area contributed by atoms with Crippen LogP contribution in [0.3, 0.4) is 0 Å². The Morgan fingerprint density at radius 3 is 2.81 bits per heavy atom. The van der Waals surface area contributed by atoms with Crippen LogP contribution in [0.15, 0.2) is 18.2 Å². The van der Waals surface area contributed by atoms with Crippen LogP contribution in [0.4, 0.5) is 0 Å². The Bertz CT molecular complexity index is 501. The largest absolute Gasteiger partial charge is 0.504 e. The van der Waals surface area contributed by atoms with E-state index in [0.29, 0.717) is 38.5 Å². The zero-order valence-electron chi connectivity index (χ0n) is 12.6. The summed E-state index contributed by atoms with van der Waals surface area (Å²) in [6, 6.07) is 4.66. The lowest BCUT2D eigenvalue weighted by Crippen LogP contribution is -2.47. The molecule has 5 nitrogen and oxygen atoms in total. The fourth-order valence-electron chi connectivity index (χ4n) is 2.44. The molecule has 116 valence electrons. The maximum atomic E-state index is 12.2. The third kappa shape index (κ3) is 4.11. The standard InChI is InChI=1S/C16H23NO4/c1-11(2)15-10-17(7-8-21-15)16(20)6-4-12-3-5-13(18)14(19)9-12/h3,5,9,11,15,18-19H,4,6-8,10H2,1-2H3. The average molecular weight is 293 g/mol. The molecule has 1 aromatic carbocycles. The molecule has 21 heavy (non-hydrogen) atoms. The van der Waals surface area contributed by atoms with Gasteiger partial charge in [-0.15, -0.1) is 0 Å². The molecule has 0 bridgehead atoms. The van der Waals surface area contributed by atoms with E-state index >= 15 is 0 Å². The minimum absolute atomic E-state index is 0.108. The summed E-state index contributed by atoms with van der Waals surface area (Å²) in [7, 11) is 0. The smallest absolute Gasteiger partial charge is 0.223 e. The molecule has 1 fully saturated rings. The molecular weight excluding hydrogens is 270 g/mol. The molecule has 1 aromatic rings. The SMILES string of the molecule is CC(C)C1CN(C(=O)CCc2ccc(O)c(O)c2)CCO1. The van der Waals surface area contributed by atoms with E-state index in [9.17, 15) is 15.0 Å². The first-order valence-electron chi connectivity index (χ1n) is 7.37. The van der Waals surface area contributed by atoms with E-state index in [4.69, 9.17) is 4.74 Å². The number of amides is 1. The Morgan fingerprint density at radius 2 is 2.14 bits per heavy atom. The summed E-state index contributed by atoms with van der Waals surface area (Å²) in [4.78, 5) is 14.1. The van der Waals surface area contributed by atoms with Crippen LogP contribution >= 0.6 is 0 Å². The zero-order chi connectivity index (χ0) is 15.4. The average Bonchev–Trinajstić information content (AvgIpc) is 2.48. The predicted molar refractivity (Wildman–Crippen MR) is 79.3 cm³/mol. The quantitative estimate of drug-likeness (QED) is 0.832. The summed E-state index contributed by atoms with van der Waals surface area (Å²) >= 11 is 0. The molecule has 2 N–H and O–H groups in total. The van der Waals surface area contributed by atoms with Crippen molar-refractivity contribution in [1.82, 2.24) is 4.90 Å². The number of carbonyl (C=O) groups excluding carboxylic acids is 1. The summed E-state index contributed by atoms with van der Waals surface area (Å²) in [6.45, 7) is 6.07. The molecular formula is C16H23NO4. The Balaban J connectivity index is 1.87. The molecule has 5 heteroatoms. The molecule has 1 atom stereocenters. The van der Waals surface area contributed by atoms with Crippen LogP contribution in [0.1, 0.15) is 25.8 Å². The molecule has 0 aromatic heterocycles. The van der Waals surface area contributed by atoms with Gasteiger partial charge in [0.1, 0.15) is 0 Å². The number of morpholine rings is 1. The van der Waals surface area contributed by atoms with Crippen molar-refractivity contribution in [1.29, 1.82) is 0 Å². The van der Waals surface area contributed by atoms with Crippen LogP contribution in [0.2, 0.25) is 0 Å². The molecule has 1 aliphatic rings. The van der Waals surface area contributed by atoms with E-state index < -0.39 is 0 Å². The highest BCUT2D eigenvalue weighted by Crippen LogP contribution is 2.25. The van der Waals surface area contributed by atoms with Crippen molar-refractivity contribution in [2.75, 3.05) is 19.7 Å². The van der Waals surface area contributed by atoms with Gasteiger partial charge < -0.3 is 19.8 Å². The van der Waals surface area contributed by atoms with Crippen molar-refractivity contribution in [3.8, 4) is 11.5 Å². The monoisotopic (exact) mass is 293 g/mol. The number of hydrogen-bond donors (Lipinski definition) is 2. The molecule has 0 radical (unpaired) electrons. The number of benzene rings is 1. The normalized spacial score (nSPS) is 19.0. The van der Waals surface area contributed by atoms with Gasteiger partial charge in [0, 0.05) is 19.5 Å². The Labute approximate surface area is 125 Å². The predicted octanol–water partition coefficient (Wildman–Crippen LogP) is 1.91. The molecule has 1 heterocycles. The van der Waals surface area contributed by atoms with Gasteiger partial charge in [0.2, 0.25) is 5.91 Å². The first kappa shape index (κ1) is 15.6. The van der Waals surface area contributed by atoms with Crippen LogP contribution in [0.5, 0.6) is 11.5 Å². The van der Waals surface area contributed by atoms with Gasteiger partial charge in [-0.05, 0) is 30.0 Å². The van der Waals surface area contributed by atoms with Gasteiger partial charge in [-0.1, -0.05) is 19.9 Å². The third-order valence-electron chi connectivity index (χ3n) is 3.86. The van der Waals surface area contributed by atoms with E-state index in [-0.39, 0.29) is 23.5 Å². The van der Waals surface area contributed by atoms with Crippen LogP contribution in [-0.2, 0) is 16.0 Å². The topological polar surface area (TPSA) is 70.0 Å². The van der Waals surface area contributed by atoms with Crippen molar-refractivity contribution in [2.24, 2.45) is 5.92 Å². The number of aryl methyl sites for hydroxylation is 1. The fourth-order valence-corrected chi connectivity index (χ4v) is 2.44. The number of aromatic hydroxyl groups is 2. The maximum absolute atomic E-state index is 12.2. The summed E-state index contributed by atoms with van der Waals surface area (Å²) in [5, 5.41) is 18.7. The fraction of sp³-hybridized carbons (Fsp3) is 0.562. The first-order valence-corrected chi connectivity index (χ1v) is 7.37. The van der Waals surface area contributed by atoms with Crippen molar-refractivity contribution in [3.63, 3.8) is 0 Å². The third-order valence-corrected chi connectivity index (χ3v) is 3.86. The van der Waals surface area contributed by atoms with Crippen molar-refractivity contribution >= 4 is 5.91 Å². The van der Waals surface area contributed by atoms with Crippen LogP contribution in [0.25, 0.3) is 0 Å². The first-order chi connectivity index (χ1) is 9.97. The van der Waals surface area contributed by atoms with Crippen LogP contribution in [-0.4, -0.2) is 46.8 Å². The number of phenolic OH excluding ortho intramolecular Hbond substituents is 2. The lowest BCUT2D eigenvalue weighted by Gasteiger charge is -2.35. The van der Waals surface area contributed by atoms with Gasteiger partial charge in [-0.25, -0.2) is 0 Å². The minimum atomic E-state index is -0.147. The number of nitrogens with zero attached hydrogens (tertiary/aromatic N) is 1. The maximum Gasteiger partial charge on any atom is 0.223 e. The molecule has 1 aliphatic heterocycles. The van der Waals surface area contributed by atoms with Gasteiger partial charge in [0.25, 0.3) is 0 Å². The zero-order valence-corrected chi connectivity index (χ0v) is 12.6. The molecule has 1 saturated heterocycles. The van der Waals surface area contributed by atoms with E-state index in [2.05, 4.69) is 13.8 Å². The van der Waals surface area contributed by atoms with E-state index in [1.807, 2.05) is 4.90 Å². The molecule has 2 rings (SSSR count). The van der Waals surface area contributed by atoms with Crippen molar-refractivity contribution in [3.05, 3.63) is 23.8 Å². The Kier molecular flexibility index (Phi) is 5.07. The van der Waals surface area contributed by atoms with Crippen LogP contribution < -0.4 is 0 Å². The molecule has 0 spiro atoms. The van der Waals surface area contributed by atoms with Crippen LogP contribution in [0, 0.1) is 5.92 Å². The highest BCUT2D eigenvalue weighted by Gasteiger charge is 2.25. The summed E-state index contributed by atoms with van der Waals surface area (Å²) in [5.74, 6) is 0.218. The summed E-state index contributed by atoms with van der Waals surface area (Å²) < 4.78 is 5.66. The molecule has 0 saturated carbocycles. The minimum Gasteiger partial charge on any atom is -0.504 e. The van der Waals surface area contributed by atoms with E-state index in [1.54, 1.807) is 6.07 Å². The van der Waals surface area contributed by atoms with Gasteiger partial charge >= 0.3 is 0 Å². The highest BCUT2D eigenvalue weighted by molar-refractivity contribution is 5.76. The van der Waals surface area contributed by atoms with Gasteiger partial charge in [-0.2, -0.15) is 0 Å². The van der Waals surface area contributed by atoms with E-state index in [0.717, 1.165) is 5.56 Å². The van der Waals surface area contributed by atoms with Gasteiger partial charge in [-0.3, -0.25) is 4.79 Å². The number of hydrogen-bond acceptors (Lipinski definition) is 4. The lowest BCUT2D eigenvalue weighted by atomic mass is 10.0. The van der Waals surface area contributed by atoms with Gasteiger partial charge in [0.15, 0.2) is 11.5 Å². The van der Waals surface area contributed by atoms with E-state index in [1.165, 1.54) is 12.1 Å². The van der Waals surface area contributed by atoms with Crippen molar-refractivity contribution in [2.45, 2.75) is 32.8 Å². The van der Waals surface area contributed by atoms with Gasteiger partial charge in [0.05, 0.1) is 12.7 Å². The number of rotatable bonds is 4. The summed E-state index contributed by atoms with van der Waals surface area (Å²) in [6.07, 6.45) is 1.06. The van der Waals surface area contributed by atoms with Crippen molar-refractivity contribution < 1.29 is 19.7 Å². The number of carbonyl (C=O) groups is 1. The molecule has 1 amide bonds. The molecule has 1 unspecified atom stereocenters. The highest BCUT2D eigenvalue weighted by atomic mass is 16.5.